The number of hydrogen-bond donors (Lipinski definition) is 2. The minimum atomic E-state index is -0.481. The molecular formula is C14H16N4O2. The number of anilines is 2. The SMILES string of the molecule is COC(=O)c1ccnc(NCc2cnccc2C)c1N. The van der Waals surface area contributed by atoms with E-state index in [-0.39, 0.29) is 5.69 Å². The number of carbonyl (C=O) groups is 1. The Morgan fingerprint density at radius 2 is 2.20 bits per heavy atom. The number of methoxy groups -OCH3 is 1. The van der Waals surface area contributed by atoms with Gasteiger partial charge < -0.3 is 15.8 Å². The van der Waals surface area contributed by atoms with Crippen LogP contribution >= 0.6 is 0 Å². The third-order valence-electron chi connectivity index (χ3n) is 2.99. The monoisotopic (exact) mass is 272 g/mol. The molecule has 2 aromatic heterocycles. The van der Waals surface area contributed by atoms with Gasteiger partial charge in [0.15, 0.2) is 0 Å². The van der Waals surface area contributed by atoms with Crippen LogP contribution in [0.25, 0.3) is 0 Å². The Balaban J connectivity index is 2.18. The number of carbonyl (C=O) groups excluding carboxylic acids is 1. The highest BCUT2D eigenvalue weighted by atomic mass is 16.5. The molecule has 0 spiro atoms. The maximum Gasteiger partial charge on any atom is 0.340 e. The maximum atomic E-state index is 11.5. The Kier molecular flexibility index (Phi) is 4.14. The van der Waals surface area contributed by atoms with E-state index >= 15 is 0 Å². The van der Waals surface area contributed by atoms with Gasteiger partial charge in [-0.1, -0.05) is 0 Å². The molecule has 3 N–H and O–H groups in total. The van der Waals surface area contributed by atoms with Crippen molar-refractivity contribution in [2.24, 2.45) is 0 Å². The predicted octanol–water partition coefficient (Wildman–Crippen LogP) is 1.77. The summed E-state index contributed by atoms with van der Waals surface area (Å²) in [6.07, 6.45) is 5.03. The van der Waals surface area contributed by atoms with Crippen LogP contribution in [0.3, 0.4) is 0 Å². The lowest BCUT2D eigenvalue weighted by atomic mass is 10.1. The molecule has 0 aliphatic rings. The van der Waals surface area contributed by atoms with E-state index in [0.29, 0.717) is 17.9 Å². The van der Waals surface area contributed by atoms with Gasteiger partial charge >= 0.3 is 5.97 Å². The molecule has 0 unspecified atom stereocenters. The van der Waals surface area contributed by atoms with Crippen LogP contribution < -0.4 is 11.1 Å². The third kappa shape index (κ3) is 2.85. The van der Waals surface area contributed by atoms with Crippen molar-refractivity contribution in [3.8, 4) is 0 Å². The highest BCUT2D eigenvalue weighted by molar-refractivity contribution is 5.97. The van der Waals surface area contributed by atoms with Crippen LogP contribution in [0.1, 0.15) is 21.5 Å². The van der Waals surface area contributed by atoms with Crippen molar-refractivity contribution in [1.82, 2.24) is 9.97 Å². The fourth-order valence-corrected chi connectivity index (χ4v) is 1.76. The number of aryl methyl sites for hydroxylation is 1. The summed E-state index contributed by atoms with van der Waals surface area (Å²) in [6.45, 7) is 2.53. The number of aromatic nitrogens is 2. The molecule has 0 radical (unpaired) electrons. The lowest BCUT2D eigenvalue weighted by molar-refractivity contribution is 0.0602. The van der Waals surface area contributed by atoms with Gasteiger partial charge in [0, 0.05) is 25.1 Å². The van der Waals surface area contributed by atoms with E-state index in [1.165, 1.54) is 19.4 Å². The van der Waals surface area contributed by atoms with E-state index in [0.717, 1.165) is 11.1 Å². The second-order valence-electron chi connectivity index (χ2n) is 4.27. The average Bonchev–Trinajstić information content (AvgIpc) is 2.47. The van der Waals surface area contributed by atoms with E-state index in [9.17, 15) is 4.79 Å². The summed E-state index contributed by atoms with van der Waals surface area (Å²) in [7, 11) is 1.31. The number of nitrogens with one attached hydrogen (secondary N) is 1. The lowest BCUT2D eigenvalue weighted by Gasteiger charge is -2.11. The molecule has 0 fully saturated rings. The van der Waals surface area contributed by atoms with Crippen LogP contribution in [0.15, 0.2) is 30.7 Å². The zero-order valence-corrected chi connectivity index (χ0v) is 11.4. The summed E-state index contributed by atoms with van der Waals surface area (Å²) in [6, 6.07) is 3.46. The molecule has 6 nitrogen and oxygen atoms in total. The molecule has 0 saturated carbocycles. The van der Waals surface area contributed by atoms with E-state index in [1.807, 2.05) is 13.0 Å². The molecule has 0 amide bonds. The van der Waals surface area contributed by atoms with Crippen LogP contribution in [-0.4, -0.2) is 23.0 Å². The quantitative estimate of drug-likeness (QED) is 0.824. The summed E-state index contributed by atoms with van der Waals surface area (Å²) >= 11 is 0. The van der Waals surface area contributed by atoms with Crippen LogP contribution in [0.2, 0.25) is 0 Å². The zero-order valence-electron chi connectivity index (χ0n) is 11.4. The van der Waals surface area contributed by atoms with Crippen molar-refractivity contribution in [1.29, 1.82) is 0 Å². The van der Waals surface area contributed by atoms with Crippen LogP contribution in [0.4, 0.5) is 11.5 Å². The largest absolute Gasteiger partial charge is 0.465 e. The molecule has 0 aliphatic carbocycles. The van der Waals surface area contributed by atoms with Crippen molar-refractivity contribution in [3.63, 3.8) is 0 Å². The van der Waals surface area contributed by atoms with Gasteiger partial charge in [0.05, 0.1) is 18.4 Å². The molecule has 2 aromatic rings. The van der Waals surface area contributed by atoms with E-state index in [2.05, 4.69) is 20.0 Å². The first-order chi connectivity index (χ1) is 9.63. The Bertz CT molecular complexity index is 628. The van der Waals surface area contributed by atoms with Crippen LogP contribution in [0.5, 0.6) is 0 Å². The number of nitrogens with zero attached hydrogens (tertiary/aromatic N) is 2. The van der Waals surface area contributed by atoms with Crippen molar-refractivity contribution in [2.75, 3.05) is 18.2 Å². The smallest absolute Gasteiger partial charge is 0.340 e. The Morgan fingerprint density at radius 1 is 1.40 bits per heavy atom. The van der Waals surface area contributed by atoms with Gasteiger partial charge in [0.2, 0.25) is 0 Å². The zero-order chi connectivity index (χ0) is 14.5. The fourth-order valence-electron chi connectivity index (χ4n) is 1.76. The molecule has 20 heavy (non-hydrogen) atoms. The van der Waals surface area contributed by atoms with Gasteiger partial charge in [-0.05, 0) is 30.2 Å². The topological polar surface area (TPSA) is 90.1 Å². The summed E-state index contributed by atoms with van der Waals surface area (Å²) in [5.41, 5.74) is 8.66. The Morgan fingerprint density at radius 3 is 2.90 bits per heavy atom. The predicted molar refractivity (Wildman–Crippen MR) is 76.3 cm³/mol. The first-order valence-electron chi connectivity index (χ1n) is 6.09. The number of esters is 1. The normalized spacial score (nSPS) is 10.1. The molecule has 0 aromatic carbocycles. The lowest BCUT2D eigenvalue weighted by Crippen LogP contribution is -2.11. The van der Waals surface area contributed by atoms with E-state index < -0.39 is 5.97 Å². The average molecular weight is 272 g/mol. The second-order valence-corrected chi connectivity index (χ2v) is 4.27. The number of ether oxygens (including phenoxy) is 1. The molecule has 6 heteroatoms. The van der Waals surface area contributed by atoms with Gasteiger partial charge in [-0.25, -0.2) is 9.78 Å². The number of hydrogen-bond acceptors (Lipinski definition) is 6. The molecule has 0 bridgehead atoms. The standard InChI is InChI=1S/C14H16N4O2/c1-9-3-5-16-7-10(9)8-18-13-12(15)11(4-6-17-13)14(19)20-2/h3-7H,8,15H2,1-2H3,(H,17,18). The van der Waals surface area contributed by atoms with E-state index in [1.54, 1.807) is 12.4 Å². The summed E-state index contributed by atoms with van der Waals surface area (Å²) < 4.78 is 4.67. The molecule has 104 valence electrons. The number of rotatable bonds is 4. The number of nitrogens with two attached hydrogens (primary N) is 1. The molecular weight excluding hydrogens is 256 g/mol. The van der Waals surface area contributed by atoms with Crippen LogP contribution in [-0.2, 0) is 11.3 Å². The highest BCUT2D eigenvalue weighted by Gasteiger charge is 2.13. The van der Waals surface area contributed by atoms with Gasteiger partial charge in [0.1, 0.15) is 5.82 Å². The minimum absolute atomic E-state index is 0.279. The number of nitrogen functional groups attached to an aromatic ring is 1. The summed E-state index contributed by atoms with van der Waals surface area (Å²) in [4.78, 5) is 19.8. The molecule has 2 heterocycles. The van der Waals surface area contributed by atoms with Crippen LogP contribution in [0, 0.1) is 6.92 Å². The van der Waals surface area contributed by atoms with Crippen molar-refractivity contribution in [3.05, 3.63) is 47.4 Å². The second kappa shape index (κ2) is 6.01. The highest BCUT2D eigenvalue weighted by Crippen LogP contribution is 2.21. The fraction of sp³-hybridized carbons (Fsp3) is 0.214. The molecule has 0 aliphatic heterocycles. The number of pyridine rings is 2. The maximum absolute atomic E-state index is 11.5. The molecule has 0 saturated heterocycles. The Hall–Kier alpha value is -2.63. The van der Waals surface area contributed by atoms with Gasteiger partial charge in [-0.2, -0.15) is 0 Å². The Labute approximate surface area is 117 Å². The van der Waals surface area contributed by atoms with E-state index in [4.69, 9.17) is 5.73 Å². The minimum Gasteiger partial charge on any atom is -0.465 e. The van der Waals surface area contributed by atoms with Crippen molar-refractivity contribution < 1.29 is 9.53 Å². The first kappa shape index (κ1) is 13.8. The third-order valence-corrected chi connectivity index (χ3v) is 2.99. The van der Waals surface area contributed by atoms with Crippen molar-refractivity contribution in [2.45, 2.75) is 13.5 Å². The van der Waals surface area contributed by atoms with Crippen molar-refractivity contribution >= 4 is 17.5 Å². The molecule has 0 atom stereocenters. The van der Waals surface area contributed by atoms with Gasteiger partial charge in [-0.3, -0.25) is 4.98 Å². The first-order valence-corrected chi connectivity index (χ1v) is 6.09. The van der Waals surface area contributed by atoms with Gasteiger partial charge in [-0.15, -0.1) is 0 Å². The summed E-state index contributed by atoms with van der Waals surface area (Å²) in [5, 5.41) is 3.11. The van der Waals surface area contributed by atoms with Gasteiger partial charge in [0.25, 0.3) is 0 Å². The summed E-state index contributed by atoms with van der Waals surface area (Å²) in [5.74, 6) is -0.0262. The molecule has 2 rings (SSSR count).